The average molecular weight is 1410 g/mol. The van der Waals surface area contributed by atoms with Crippen molar-refractivity contribution in [2.24, 2.45) is 9.98 Å². The van der Waals surface area contributed by atoms with Gasteiger partial charge in [-0.05, 0) is 72.8 Å². The number of hydrogen-bond donors (Lipinski definition) is 2. The molecule has 6 aromatic rings. The molecule has 0 aromatic carbocycles. The standard InChI is InChI=1S/2C18H15N5.2C2H3N.4CHF3O3S.2Zn/c2*1-4-10-19-13(7-1)16-17(14-8-2-5-11-20-14)23-18(22-16)15-9-3-6-12-21-15;2*1-2-3;4*2-1(3,4)8(5,6)7;;/h2*1-12,16-17H,(H,22,23);2*1H3;4*(H,5,6,7);;/q;;;;;;;;2*+2/p-4/t2*16-,17+;;;;;;;;. The Bertz CT molecular complexity index is 3270. The first-order chi connectivity index (χ1) is 38.7. The van der Waals surface area contributed by atoms with E-state index in [1.807, 2.05) is 109 Å². The predicted octanol–water partition coefficient (Wildman–Crippen LogP) is 6.67. The molecule has 6 aromatic heterocycles. The molecule has 0 spiro atoms. The Kier molecular flexibility index (Phi) is 34.0. The molecule has 456 valence electrons. The van der Waals surface area contributed by atoms with E-state index in [9.17, 15) is 52.7 Å². The molecule has 0 aliphatic carbocycles. The largest absolute Gasteiger partial charge is 2.00 e. The molecule has 0 saturated heterocycles. The zero-order valence-electron chi connectivity index (χ0n) is 43.1. The van der Waals surface area contributed by atoms with Gasteiger partial charge < -0.3 is 28.8 Å². The van der Waals surface area contributed by atoms with Crippen LogP contribution < -0.4 is 10.6 Å². The third kappa shape index (κ3) is 28.4. The minimum atomic E-state index is -6.09. The van der Waals surface area contributed by atoms with Crippen LogP contribution in [0, 0.1) is 22.7 Å². The summed E-state index contributed by atoms with van der Waals surface area (Å²) in [5.41, 5.74) is -17.2. The van der Waals surface area contributed by atoms with Crippen LogP contribution in [0.15, 0.2) is 156 Å². The van der Waals surface area contributed by atoms with Gasteiger partial charge in [-0.15, -0.1) is 0 Å². The van der Waals surface area contributed by atoms with Crippen LogP contribution in [0.4, 0.5) is 52.7 Å². The number of aromatic nitrogens is 6. The number of alkyl halides is 12. The zero-order valence-corrected chi connectivity index (χ0v) is 52.3. The number of halogens is 12. The van der Waals surface area contributed by atoms with Crippen molar-refractivity contribution < 1.29 is 144 Å². The maximum atomic E-state index is 10.7. The fraction of sp³-hybridized carbons (Fsp3) is 0.227. The fourth-order valence-corrected chi connectivity index (χ4v) is 5.41. The number of hydrogen-bond acceptors (Lipinski definition) is 24. The van der Waals surface area contributed by atoms with Crippen LogP contribution in [0.1, 0.15) is 72.2 Å². The van der Waals surface area contributed by atoms with E-state index in [0.717, 1.165) is 45.8 Å². The third-order valence-electron chi connectivity index (χ3n) is 8.70. The van der Waals surface area contributed by atoms with Crippen LogP contribution in [0.3, 0.4) is 0 Å². The zero-order chi connectivity index (χ0) is 64.4. The van der Waals surface area contributed by atoms with E-state index in [4.69, 9.17) is 72.4 Å². The third-order valence-corrected chi connectivity index (χ3v) is 11.0. The van der Waals surface area contributed by atoms with E-state index in [-0.39, 0.29) is 63.1 Å². The molecular weight excluding hydrogens is 1380 g/mol. The first-order valence-corrected chi connectivity index (χ1v) is 27.1. The molecular formula is C44H36F12N12O12S4Zn2. The molecule has 0 fully saturated rings. The van der Waals surface area contributed by atoms with Crippen molar-refractivity contribution in [3.8, 4) is 12.1 Å². The van der Waals surface area contributed by atoms with Crippen molar-refractivity contribution in [2.45, 2.75) is 60.0 Å². The molecule has 2 N–H and O–H groups in total. The number of amidine groups is 2. The molecule has 42 heteroatoms. The summed E-state index contributed by atoms with van der Waals surface area (Å²) in [4.78, 5) is 36.3. The second kappa shape index (κ2) is 36.1. The molecule has 24 nitrogen and oxygen atoms in total. The summed E-state index contributed by atoms with van der Waals surface area (Å²) in [7, 11) is -24.4. The quantitative estimate of drug-likeness (QED) is 0.0760. The Hall–Kier alpha value is -7.13. The Balaban J connectivity index is 0. The van der Waals surface area contributed by atoms with E-state index in [2.05, 4.69) is 40.5 Å². The molecule has 86 heavy (non-hydrogen) atoms. The minimum absolute atomic E-state index is 0. The predicted molar refractivity (Wildman–Crippen MR) is 261 cm³/mol. The van der Waals surface area contributed by atoms with Gasteiger partial charge in [0.05, 0.1) is 47.0 Å². The van der Waals surface area contributed by atoms with Gasteiger partial charge in [-0.3, -0.25) is 39.9 Å². The summed E-state index contributed by atoms with van der Waals surface area (Å²) < 4.78 is 236. The molecule has 8 heterocycles. The van der Waals surface area contributed by atoms with Crippen molar-refractivity contribution in [2.75, 3.05) is 0 Å². The van der Waals surface area contributed by atoms with Crippen molar-refractivity contribution in [1.82, 2.24) is 40.5 Å². The average Bonchev–Trinajstić information content (AvgIpc) is 2.08. The van der Waals surface area contributed by atoms with Gasteiger partial charge in [0.15, 0.2) is 40.5 Å². The van der Waals surface area contributed by atoms with E-state index in [1.165, 1.54) is 13.8 Å². The van der Waals surface area contributed by atoms with Gasteiger partial charge in [-0.2, -0.15) is 63.2 Å². The van der Waals surface area contributed by atoms with E-state index in [0.29, 0.717) is 0 Å². The molecule has 0 amide bonds. The smallest absolute Gasteiger partial charge is 0.741 e. The number of nitriles is 2. The summed E-state index contributed by atoms with van der Waals surface area (Å²) in [5, 5.41) is 21.6. The second-order valence-electron chi connectivity index (χ2n) is 14.6. The topological polar surface area (TPSA) is 402 Å². The molecule has 4 atom stereocenters. The van der Waals surface area contributed by atoms with E-state index < -0.39 is 62.5 Å². The number of aliphatic imine (C=N–C) groups is 2. The van der Waals surface area contributed by atoms with Gasteiger partial charge in [0.25, 0.3) is 0 Å². The van der Waals surface area contributed by atoms with Gasteiger partial charge in [-0.25, -0.2) is 33.7 Å². The van der Waals surface area contributed by atoms with Gasteiger partial charge in [0, 0.05) is 51.0 Å². The molecule has 0 radical (unpaired) electrons. The van der Waals surface area contributed by atoms with Crippen molar-refractivity contribution >= 4 is 52.1 Å². The van der Waals surface area contributed by atoms with Crippen LogP contribution in [0.2, 0.25) is 0 Å². The van der Waals surface area contributed by atoms with E-state index in [1.54, 1.807) is 49.3 Å². The maximum Gasteiger partial charge on any atom is 2.00 e. The summed E-state index contributed by atoms with van der Waals surface area (Å²) in [6, 6.07) is 38.3. The van der Waals surface area contributed by atoms with Crippen LogP contribution in [-0.2, 0) is 79.4 Å². The van der Waals surface area contributed by atoms with Crippen molar-refractivity contribution in [3.63, 3.8) is 0 Å². The second-order valence-corrected chi connectivity index (χ2v) is 20.1. The van der Waals surface area contributed by atoms with Crippen LogP contribution >= 0.6 is 0 Å². The van der Waals surface area contributed by atoms with Crippen LogP contribution in [0.25, 0.3) is 0 Å². The normalized spacial score (nSPS) is 16.0. The summed E-state index contributed by atoms with van der Waals surface area (Å²) in [6.45, 7) is 2.86. The molecule has 2 aliphatic heterocycles. The van der Waals surface area contributed by atoms with Gasteiger partial charge in [0.2, 0.25) is 0 Å². The maximum absolute atomic E-state index is 10.7. The first-order valence-electron chi connectivity index (χ1n) is 21.5. The van der Waals surface area contributed by atoms with Gasteiger partial charge in [0.1, 0.15) is 35.1 Å². The van der Waals surface area contributed by atoms with Crippen molar-refractivity contribution in [1.29, 1.82) is 10.5 Å². The SMILES string of the molecule is CC#N.CC#N.O=S(=O)([O-])C(F)(F)F.O=S(=O)([O-])C(F)(F)F.O=S(=O)([O-])C(F)(F)F.O=S(=O)([O-])C(F)(F)F.[Zn+2].[Zn+2].c1ccc(C2=N[C@@H](c3ccccn3)[C@@H](c3ccccn3)N2)nc1.c1ccc(C2=N[C@@H](c3ccccn3)[C@@H](c3ccccn3)N2)nc1. The molecule has 2 aliphatic rings. The molecule has 0 bridgehead atoms. The number of rotatable bonds is 6. The van der Waals surface area contributed by atoms with Gasteiger partial charge in [-0.1, -0.05) is 36.4 Å². The molecule has 0 unspecified atom stereocenters. The first kappa shape index (κ1) is 80.9. The number of nitrogens with one attached hydrogen (secondary N) is 2. The van der Waals surface area contributed by atoms with Crippen LogP contribution in [0.5, 0.6) is 0 Å². The van der Waals surface area contributed by atoms with Crippen molar-refractivity contribution in [3.05, 3.63) is 181 Å². The minimum Gasteiger partial charge on any atom is -0.741 e. The van der Waals surface area contributed by atoms with E-state index >= 15 is 0 Å². The molecule has 8 rings (SSSR count). The monoisotopic (exact) mass is 1410 g/mol. The summed E-state index contributed by atoms with van der Waals surface area (Å²) in [6.07, 6.45) is 10.7. The Morgan fingerprint density at radius 1 is 0.384 bits per heavy atom. The summed E-state index contributed by atoms with van der Waals surface area (Å²) >= 11 is 0. The fourth-order valence-electron chi connectivity index (χ4n) is 5.41. The number of nitrogens with zero attached hydrogens (tertiary/aromatic N) is 10. The Labute approximate surface area is 506 Å². The Morgan fingerprint density at radius 3 is 0.733 bits per heavy atom. The van der Waals surface area contributed by atoms with Gasteiger partial charge >= 0.3 is 61.0 Å². The Morgan fingerprint density at radius 2 is 0.570 bits per heavy atom. The van der Waals surface area contributed by atoms with Crippen LogP contribution in [-0.4, -0.2) is 115 Å². The molecule has 0 saturated carbocycles. The summed E-state index contributed by atoms with van der Waals surface area (Å²) in [5.74, 6) is 1.55. The number of pyridine rings is 6.